The lowest BCUT2D eigenvalue weighted by Gasteiger charge is -2.07. The minimum atomic E-state index is -0.340. The highest BCUT2D eigenvalue weighted by atomic mass is 79.9. The first-order chi connectivity index (χ1) is 10.5. The molecule has 0 atom stereocenters. The summed E-state index contributed by atoms with van der Waals surface area (Å²) in [6.07, 6.45) is 0. The SMILES string of the molecule is CN(C)CCSc1nsnc1C(N)=Nc1ccc(F)c(Br)c1. The Morgan fingerprint density at radius 3 is 2.91 bits per heavy atom. The Balaban J connectivity index is 2.15. The van der Waals surface area contributed by atoms with Crippen LogP contribution < -0.4 is 5.73 Å². The fourth-order valence-corrected chi connectivity index (χ4v) is 3.64. The van der Waals surface area contributed by atoms with E-state index in [1.807, 2.05) is 14.1 Å². The van der Waals surface area contributed by atoms with Gasteiger partial charge in [0.25, 0.3) is 0 Å². The highest BCUT2D eigenvalue weighted by Crippen LogP contribution is 2.24. The van der Waals surface area contributed by atoms with Crippen LogP contribution in [0.5, 0.6) is 0 Å². The van der Waals surface area contributed by atoms with Crippen molar-refractivity contribution in [1.82, 2.24) is 13.6 Å². The summed E-state index contributed by atoms with van der Waals surface area (Å²) in [5.41, 5.74) is 7.15. The van der Waals surface area contributed by atoms with Crippen LogP contribution in [-0.4, -0.2) is 45.9 Å². The molecule has 0 bridgehead atoms. The maximum atomic E-state index is 13.2. The molecule has 9 heteroatoms. The van der Waals surface area contributed by atoms with Crippen molar-refractivity contribution < 1.29 is 4.39 Å². The van der Waals surface area contributed by atoms with Gasteiger partial charge in [0.05, 0.1) is 21.9 Å². The molecule has 2 N–H and O–H groups in total. The summed E-state index contributed by atoms with van der Waals surface area (Å²) in [6.45, 7) is 0.934. The van der Waals surface area contributed by atoms with E-state index in [0.29, 0.717) is 15.9 Å². The number of benzene rings is 1. The minimum absolute atomic E-state index is 0.277. The van der Waals surface area contributed by atoms with Gasteiger partial charge in [0.1, 0.15) is 10.8 Å². The van der Waals surface area contributed by atoms with E-state index in [2.05, 4.69) is 34.6 Å². The summed E-state index contributed by atoms with van der Waals surface area (Å²) in [4.78, 5) is 6.38. The molecule has 0 amide bonds. The van der Waals surface area contributed by atoms with Crippen LogP contribution in [0.15, 0.2) is 32.7 Å². The molecule has 0 radical (unpaired) electrons. The molecule has 1 heterocycles. The van der Waals surface area contributed by atoms with Crippen LogP contribution in [0.2, 0.25) is 0 Å². The number of thioether (sulfide) groups is 1. The number of hydrogen-bond acceptors (Lipinski definition) is 6. The lowest BCUT2D eigenvalue weighted by atomic mass is 10.3. The maximum Gasteiger partial charge on any atom is 0.154 e. The molecular formula is C13H15BrFN5S2. The van der Waals surface area contributed by atoms with Gasteiger partial charge in [-0.05, 0) is 48.2 Å². The van der Waals surface area contributed by atoms with Gasteiger partial charge in [-0.15, -0.1) is 11.8 Å². The van der Waals surface area contributed by atoms with Gasteiger partial charge in [-0.2, -0.15) is 8.75 Å². The molecule has 1 aromatic heterocycles. The lowest BCUT2D eigenvalue weighted by molar-refractivity contribution is 0.437. The maximum absolute atomic E-state index is 13.2. The third kappa shape index (κ3) is 4.73. The molecule has 0 spiro atoms. The molecule has 2 rings (SSSR count). The Hall–Kier alpha value is -1.03. The van der Waals surface area contributed by atoms with Crippen LogP contribution in [0.3, 0.4) is 0 Å². The fraction of sp³-hybridized carbons (Fsp3) is 0.308. The Labute approximate surface area is 145 Å². The molecule has 0 saturated carbocycles. The molecule has 0 aliphatic heterocycles. The zero-order chi connectivity index (χ0) is 16.1. The van der Waals surface area contributed by atoms with E-state index >= 15 is 0 Å². The van der Waals surface area contributed by atoms with Crippen molar-refractivity contribution in [3.05, 3.63) is 34.2 Å². The number of nitrogens with two attached hydrogens (primary N) is 1. The van der Waals surface area contributed by atoms with Gasteiger partial charge in [-0.25, -0.2) is 9.38 Å². The first-order valence-corrected chi connectivity index (χ1v) is 8.88. The Bertz CT molecular complexity index is 674. The summed E-state index contributed by atoms with van der Waals surface area (Å²) < 4.78 is 22.0. The van der Waals surface area contributed by atoms with Crippen molar-refractivity contribution in [3.63, 3.8) is 0 Å². The van der Waals surface area contributed by atoms with Crippen LogP contribution in [0.1, 0.15) is 5.69 Å². The normalized spacial score (nSPS) is 12.1. The third-order valence-corrected chi connectivity index (χ3v) is 4.83. The number of aliphatic imine (C=N–C) groups is 1. The monoisotopic (exact) mass is 403 g/mol. The fourth-order valence-electron chi connectivity index (χ4n) is 1.50. The number of rotatable bonds is 6. The Morgan fingerprint density at radius 2 is 2.23 bits per heavy atom. The smallest absolute Gasteiger partial charge is 0.154 e. The molecule has 0 aliphatic rings. The minimum Gasteiger partial charge on any atom is -0.382 e. The molecule has 5 nitrogen and oxygen atoms in total. The van der Waals surface area contributed by atoms with E-state index in [9.17, 15) is 4.39 Å². The summed E-state index contributed by atoms with van der Waals surface area (Å²) in [5.74, 6) is 0.827. The second-order valence-electron chi connectivity index (χ2n) is 4.67. The van der Waals surface area contributed by atoms with Crippen LogP contribution in [0.4, 0.5) is 10.1 Å². The first-order valence-electron chi connectivity index (χ1n) is 6.37. The summed E-state index contributed by atoms with van der Waals surface area (Å²) >= 11 is 5.82. The highest BCUT2D eigenvalue weighted by Gasteiger charge is 2.13. The van der Waals surface area contributed by atoms with E-state index in [0.717, 1.165) is 29.1 Å². The molecule has 22 heavy (non-hydrogen) atoms. The molecular weight excluding hydrogens is 389 g/mol. The molecule has 118 valence electrons. The van der Waals surface area contributed by atoms with Gasteiger partial charge in [0, 0.05) is 12.3 Å². The van der Waals surface area contributed by atoms with Gasteiger partial charge in [-0.1, -0.05) is 0 Å². The van der Waals surface area contributed by atoms with Crippen molar-refractivity contribution in [1.29, 1.82) is 0 Å². The number of halogens is 2. The molecule has 0 fully saturated rings. The van der Waals surface area contributed by atoms with Crippen molar-refractivity contribution in [2.24, 2.45) is 10.7 Å². The Morgan fingerprint density at radius 1 is 1.45 bits per heavy atom. The summed E-state index contributed by atoms with van der Waals surface area (Å²) in [5, 5.41) is 0.772. The van der Waals surface area contributed by atoms with Crippen molar-refractivity contribution >= 4 is 50.9 Å². The zero-order valence-electron chi connectivity index (χ0n) is 12.1. The van der Waals surface area contributed by atoms with Crippen LogP contribution in [0.25, 0.3) is 0 Å². The van der Waals surface area contributed by atoms with Gasteiger partial charge in [0.15, 0.2) is 11.5 Å². The van der Waals surface area contributed by atoms with E-state index in [4.69, 9.17) is 5.73 Å². The largest absolute Gasteiger partial charge is 0.382 e. The average molecular weight is 404 g/mol. The number of hydrogen-bond donors (Lipinski definition) is 1. The predicted molar refractivity (Wildman–Crippen MR) is 93.7 cm³/mol. The zero-order valence-corrected chi connectivity index (χ0v) is 15.3. The van der Waals surface area contributed by atoms with Gasteiger partial charge in [-0.3, -0.25) is 0 Å². The topological polar surface area (TPSA) is 67.4 Å². The quantitative estimate of drug-likeness (QED) is 0.455. The number of amidine groups is 1. The molecule has 0 aliphatic carbocycles. The van der Waals surface area contributed by atoms with E-state index < -0.39 is 0 Å². The van der Waals surface area contributed by atoms with Crippen molar-refractivity contribution in [2.45, 2.75) is 5.03 Å². The van der Waals surface area contributed by atoms with Crippen LogP contribution in [-0.2, 0) is 0 Å². The molecule has 2 aromatic rings. The highest BCUT2D eigenvalue weighted by molar-refractivity contribution is 9.10. The van der Waals surface area contributed by atoms with Crippen LogP contribution >= 0.6 is 39.4 Å². The lowest BCUT2D eigenvalue weighted by Crippen LogP contribution is -2.16. The predicted octanol–water partition coefficient (Wildman–Crippen LogP) is 3.13. The summed E-state index contributed by atoms with van der Waals surface area (Å²) in [6, 6.07) is 4.47. The van der Waals surface area contributed by atoms with E-state index in [1.165, 1.54) is 6.07 Å². The second kappa shape index (κ2) is 8.00. The first kappa shape index (κ1) is 17.3. The molecule has 1 aromatic carbocycles. The standard InChI is InChI=1S/C13H15BrFN5S2/c1-20(2)5-6-21-13-11(18-22-19-13)12(16)17-8-3-4-10(15)9(14)7-8/h3-4,7H,5-6H2,1-2H3,(H2,16,17). The van der Waals surface area contributed by atoms with Crippen LogP contribution in [0, 0.1) is 5.82 Å². The van der Waals surface area contributed by atoms with E-state index in [-0.39, 0.29) is 11.7 Å². The van der Waals surface area contributed by atoms with Crippen molar-refractivity contribution in [2.75, 3.05) is 26.4 Å². The van der Waals surface area contributed by atoms with Crippen molar-refractivity contribution in [3.8, 4) is 0 Å². The number of aromatic nitrogens is 2. The van der Waals surface area contributed by atoms with Gasteiger partial charge >= 0.3 is 0 Å². The number of nitrogens with zero attached hydrogens (tertiary/aromatic N) is 4. The summed E-state index contributed by atoms with van der Waals surface area (Å²) in [7, 11) is 4.03. The van der Waals surface area contributed by atoms with Gasteiger partial charge in [0.2, 0.25) is 0 Å². The Kier molecular flexibility index (Phi) is 6.30. The third-order valence-electron chi connectivity index (χ3n) is 2.63. The molecule has 0 saturated heterocycles. The average Bonchev–Trinajstić information content (AvgIpc) is 2.91. The second-order valence-corrected chi connectivity index (χ2v) is 7.13. The molecule has 0 unspecified atom stereocenters. The van der Waals surface area contributed by atoms with E-state index in [1.54, 1.807) is 23.9 Å². The van der Waals surface area contributed by atoms with Gasteiger partial charge < -0.3 is 10.6 Å².